The molecule has 0 aliphatic carbocycles. The Morgan fingerprint density at radius 3 is 2.78 bits per heavy atom. The van der Waals surface area contributed by atoms with Crippen LogP contribution in [0.1, 0.15) is 13.3 Å². The van der Waals surface area contributed by atoms with Gasteiger partial charge in [-0.15, -0.1) is 0 Å². The number of hydrogen-bond acceptors (Lipinski definition) is 2. The quantitative estimate of drug-likeness (QED) is 0.889. The maximum atomic E-state index is 13.6. The summed E-state index contributed by atoms with van der Waals surface area (Å²) in [6, 6.07) is 6.88. The maximum absolute atomic E-state index is 13.6. The van der Waals surface area contributed by atoms with Gasteiger partial charge in [-0.25, -0.2) is 8.78 Å². The second-order valence-electron chi connectivity index (χ2n) is 3.98. The SMILES string of the molecule is CCCNc1ccnc(-c2cc(F)ccc2F)c1. The molecule has 2 aromatic rings. The standard InChI is InChI=1S/C14H14F2N2/c1-2-6-17-11-5-7-18-14(9-11)12-8-10(15)3-4-13(12)16/h3-5,7-9H,2,6H2,1H3,(H,17,18). The van der Waals surface area contributed by atoms with E-state index in [1.54, 1.807) is 18.3 Å². The Hall–Kier alpha value is -1.97. The molecule has 0 atom stereocenters. The minimum absolute atomic E-state index is 0.176. The number of hydrogen-bond donors (Lipinski definition) is 1. The molecule has 0 fully saturated rings. The molecule has 2 rings (SSSR count). The fourth-order valence-electron chi connectivity index (χ4n) is 1.65. The van der Waals surface area contributed by atoms with Crippen molar-refractivity contribution in [3.8, 4) is 11.3 Å². The number of aromatic nitrogens is 1. The van der Waals surface area contributed by atoms with E-state index >= 15 is 0 Å². The molecule has 0 amide bonds. The van der Waals surface area contributed by atoms with Gasteiger partial charge in [0, 0.05) is 24.0 Å². The van der Waals surface area contributed by atoms with Gasteiger partial charge in [0.2, 0.25) is 0 Å². The van der Waals surface area contributed by atoms with Gasteiger partial charge in [-0.05, 0) is 36.8 Å². The summed E-state index contributed by atoms with van der Waals surface area (Å²) >= 11 is 0. The number of pyridine rings is 1. The highest BCUT2D eigenvalue weighted by atomic mass is 19.1. The second kappa shape index (κ2) is 5.58. The molecule has 1 aromatic carbocycles. The molecule has 0 radical (unpaired) electrons. The summed E-state index contributed by atoms with van der Waals surface area (Å²) in [5.74, 6) is -0.948. The van der Waals surface area contributed by atoms with Crippen molar-refractivity contribution in [2.45, 2.75) is 13.3 Å². The van der Waals surface area contributed by atoms with Crippen molar-refractivity contribution >= 4 is 5.69 Å². The molecule has 2 nitrogen and oxygen atoms in total. The first-order chi connectivity index (χ1) is 8.70. The van der Waals surface area contributed by atoms with E-state index in [1.165, 1.54) is 0 Å². The summed E-state index contributed by atoms with van der Waals surface area (Å²) in [7, 11) is 0. The molecule has 0 bridgehead atoms. The highest BCUT2D eigenvalue weighted by Crippen LogP contribution is 2.23. The monoisotopic (exact) mass is 248 g/mol. The van der Waals surface area contributed by atoms with Crippen LogP contribution in [-0.2, 0) is 0 Å². The third-order valence-electron chi connectivity index (χ3n) is 2.54. The van der Waals surface area contributed by atoms with Crippen molar-refractivity contribution in [3.63, 3.8) is 0 Å². The predicted octanol–water partition coefficient (Wildman–Crippen LogP) is 3.85. The molecule has 4 heteroatoms. The van der Waals surface area contributed by atoms with E-state index in [0.29, 0.717) is 5.69 Å². The Morgan fingerprint density at radius 2 is 2.00 bits per heavy atom. The van der Waals surface area contributed by atoms with Crippen LogP contribution in [0.4, 0.5) is 14.5 Å². The van der Waals surface area contributed by atoms with Crippen molar-refractivity contribution in [2.24, 2.45) is 0 Å². The summed E-state index contributed by atoms with van der Waals surface area (Å²) in [5.41, 5.74) is 1.45. The smallest absolute Gasteiger partial charge is 0.132 e. The molecule has 0 saturated heterocycles. The summed E-state index contributed by atoms with van der Waals surface area (Å²) in [6.07, 6.45) is 2.57. The van der Waals surface area contributed by atoms with E-state index in [-0.39, 0.29) is 5.56 Å². The third-order valence-corrected chi connectivity index (χ3v) is 2.54. The molecule has 1 heterocycles. The van der Waals surface area contributed by atoms with Crippen molar-refractivity contribution in [1.29, 1.82) is 0 Å². The Bertz CT molecular complexity index is 541. The Kier molecular flexibility index (Phi) is 3.87. The zero-order chi connectivity index (χ0) is 13.0. The topological polar surface area (TPSA) is 24.9 Å². The van der Waals surface area contributed by atoms with Crippen molar-refractivity contribution < 1.29 is 8.78 Å². The van der Waals surface area contributed by atoms with E-state index < -0.39 is 11.6 Å². The number of rotatable bonds is 4. The molecule has 94 valence electrons. The third kappa shape index (κ3) is 2.83. The van der Waals surface area contributed by atoms with Gasteiger partial charge in [-0.3, -0.25) is 4.98 Å². The van der Waals surface area contributed by atoms with E-state index in [9.17, 15) is 8.78 Å². The van der Waals surface area contributed by atoms with Crippen LogP contribution in [0.5, 0.6) is 0 Å². The average Bonchev–Trinajstić information content (AvgIpc) is 2.39. The maximum Gasteiger partial charge on any atom is 0.132 e. The van der Waals surface area contributed by atoms with E-state index in [1.807, 2.05) is 0 Å². The normalized spacial score (nSPS) is 10.4. The molecular weight excluding hydrogens is 234 g/mol. The summed E-state index contributed by atoms with van der Waals surface area (Å²) in [6.45, 7) is 2.89. The number of halogens is 2. The Balaban J connectivity index is 2.35. The first kappa shape index (κ1) is 12.5. The highest BCUT2D eigenvalue weighted by Gasteiger charge is 2.08. The van der Waals surface area contributed by atoms with Gasteiger partial charge in [-0.1, -0.05) is 6.92 Å². The first-order valence-electron chi connectivity index (χ1n) is 5.86. The lowest BCUT2D eigenvalue weighted by Crippen LogP contribution is -2.00. The van der Waals surface area contributed by atoms with Crippen LogP contribution in [0.15, 0.2) is 36.5 Å². The van der Waals surface area contributed by atoms with Crippen LogP contribution in [-0.4, -0.2) is 11.5 Å². The number of benzene rings is 1. The van der Waals surface area contributed by atoms with E-state index in [4.69, 9.17) is 0 Å². The molecule has 0 spiro atoms. The van der Waals surface area contributed by atoms with Crippen LogP contribution in [0.25, 0.3) is 11.3 Å². The Morgan fingerprint density at radius 1 is 1.17 bits per heavy atom. The minimum Gasteiger partial charge on any atom is -0.385 e. The second-order valence-corrected chi connectivity index (χ2v) is 3.98. The molecule has 1 N–H and O–H groups in total. The molecule has 0 saturated carbocycles. The zero-order valence-electron chi connectivity index (χ0n) is 10.1. The fourth-order valence-corrected chi connectivity index (χ4v) is 1.65. The number of nitrogens with one attached hydrogen (secondary N) is 1. The predicted molar refractivity (Wildman–Crippen MR) is 68.4 cm³/mol. The van der Waals surface area contributed by atoms with Gasteiger partial charge in [0.25, 0.3) is 0 Å². The van der Waals surface area contributed by atoms with Crippen LogP contribution >= 0.6 is 0 Å². The molecule has 18 heavy (non-hydrogen) atoms. The van der Waals surface area contributed by atoms with Gasteiger partial charge < -0.3 is 5.32 Å². The van der Waals surface area contributed by atoms with Crippen molar-refractivity contribution in [3.05, 3.63) is 48.2 Å². The lowest BCUT2D eigenvalue weighted by molar-refractivity contribution is 0.602. The molecular formula is C14H14F2N2. The fraction of sp³-hybridized carbons (Fsp3) is 0.214. The van der Waals surface area contributed by atoms with Crippen LogP contribution in [0, 0.1) is 11.6 Å². The lowest BCUT2D eigenvalue weighted by atomic mass is 10.1. The van der Waals surface area contributed by atoms with Crippen LogP contribution in [0.3, 0.4) is 0 Å². The first-order valence-corrected chi connectivity index (χ1v) is 5.86. The van der Waals surface area contributed by atoms with Gasteiger partial charge in [0.1, 0.15) is 11.6 Å². The van der Waals surface area contributed by atoms with Gasteiger partial charge >= 0.3 is 0 Å². The summed E-state index contributed by atoms with van der Waals surface area (Å²) in [4.78, 5) is 4.07. The van der Waals surface area contributed by atoms with Crippen molar-refractivity contribution in [2.75, 3.05) is 11.9 Å². The molecule has 0 aliphatic heterocycles. The van der Waals surface area contributed by atoms with Crippen LogP contribution in [0.2, 0.25) is 0 Å². The number of anilines is 1. The van der Waals surface area contributed by atoms with E-state index in [0.717, 1.165) is 36.9 Å². The van der Waals surface area contributed by atoms with Gasteiger partial charge in [0.05, 0.1) is 5.69 Å². The lowest BCUT2D eigenvalue weighted by Gasteiger charge is -2.07. The van der Waals surface area contributed by atoms with Crippen LogP contribution < -0.4 is 5.32 Å². The zero-order valence-corrected chi connectivity index (χ0v) is 10.1. The van der Waals surface area contributed by atoms with Gasteiger partial charge in [-0.2, -0.15) is 0 Å². The molecule has 1 aromatic heterocycles. The summed E-state index contributed by atoms with van der Waals surface area (Å²) in [5, 5.41) is 3.18. The van der Waals surface area contributed by atoms with Crippen molar-refractivity contribution in [1.82, 2.24) is 4.98 Å². The molecule has 0 aliphatic rings. The van der Waals surface area contributed by atoms with Gasteiger partial charge in [0.15, 0.2) is 0 Å². The molecule has 0 unspecified atom stereocenters. The minimum atomic E-state index is -0.475. The average molecular weight is 248 g/mol. The Labute approximate surface area is 105 Å². The largest absolute Gasteiger partial charge is 0.385 e. The number of nitrogens with zero attached hydrogens (tertiary/aromatic N) is 1. The van der Waals surface area contributed by atoms with E-state index in [2.05, 4.69) is 17.2 Å². The highest BCUT2D eigenvalue weighted by molar-refractivity contribution is 5.64. The summed E-state index contributed by atoms with van der Waals surface area (Å²) < 4.78 is 26.7.